The van der Waals surface area contributed by atoms with E-state index in [-0.39, 0.29) is 87.8 Å². The van der Waals surface area contributed by atoms with E-state index in [1.54, 1.807) is 55.7 Å². The number of nitrogens with zero attached hydrogens (tertiary/aromatic N) is 4. The SMILES string of the molecule is C=C1OCc2c(cc3n(c2=O)Cc2c-3nc3cc(F)c(C)c4c3c2[C@@H](NC(=O)COCN(CCN(C)C)C(=O)OCc2ccc(CC(=O)[C@H](C)NC(=O)[C@@H](CC(=O)OCC3c5ccccc5-c5ccccc53)C(C)C)cc2)CC4)[C@@]1(O)CC. The molecule has 0 unspecified atom stereocenters. The zero-order chi connectivity index (χ0) is 59.0. The summed E-state index contributed by atoms with van der Waals surface area (Å²) in [5, 5.41) is 18.4. The van der Waals surface area contributed by atoms with Crippen LogP contribution < -0.4 is 16.2 Å². The molecule has 10 rings (SSSR count). The predicted octanol–water partition coefficient (Wildman–Crippen LogP) is 8.43. The number of fused-ring (bicyclic) bond motifs is 8. The van der Waals surface area contributed by atoms with E-state index < -0.39 is 59.9 Å². The van der Waals surface area contributed by atoms with Gasteiger partial charge in [-0.15, -0.1) is 0 Å². The van der Waals surface area contributed by atoms with Crippen molar-refractivity contribution in [2.24, 2.45) is 11.8 Å². The lowest BCUT2D eigenvalue weighted by Gasteiger charge is -2.35. The van der Waals surface area contributed by atoms with E-state index >= 15 is 4.39 Å². The van der Waals surface area contributed by atoms with Crippen molar-refractivity contribution in [2.45, 2.75) is 110 Å². The number of aliphatic hydroxyl groups is 1. The van der Waals surface area contributed by atoms with Crippen LogP contribution in [0.3, 0.4) is 0 Å². The van der Waals surface area contributed by atoms with Crippen LogP contribution in [0.2, 0.25) is 0 Å². The third-order valence-corrected chi connectivity index (χ3v) is 16.9. The summed E-state index contributed by atoms with van der Waals surface area (Å²) in [7, 11) is 3.73. The Morgan fingerprint density at radius 2 is 1.61 bits per heavy atom. The average Bonchev–Trinajstić information content (AvgIpc) is 3.62. The zero-order valence-electron chi connectivity index (χ0n) is 48.1. The smallest absolute Gasteiger partial charge is 0.411 e. The number of pyridine rings is 2. The Hall–Kier alpha value is -8.06. The zero-order valence-corrected chi connectivity index (χ0v) is 48.1. The van der Waals surface area contributed by atoms with Gasteiger partial charge in [0.25, 0.3) is 5.56 Å². The van der Waals surface area contributed by atoms with Crippen molar-refractivity contribution in [2.75, 3.05) is 47.1 Å². The van der Waals surface area contributed by atoms with E-state index in [9.17, 15) is 33.9 Å². The van der Waals surface area contributed by atoms with Crippen LogP contribution in [-0.2, 0) is 76.3 Å². The Morgan fingerprint density at radius 1 is 0.928 bits per heavy atom. The summed E-state index contributed by atoms with van der Waals surface area (Å²) in [5.74, 6) is -2.83. The first-order chi connectivity index (χ1) is 39.8. The molecule has 0 radical (unpaired) electrons. The number of hydrogen-bond donors (Lipinski definition) is 3. The minimum absolute atomic E-state index is 0.0295. The summed E-state index contributed by atoms with van der Waals surface area (Å²) in [6.07, 6.45) is 0.348. The van der Waals surface area contributed by atoms with Gasteiger partial charge < -0.3 is 44.2 Å². The number of hydrogen-bond acceptors (Lipinski definition) is 13. The summed E-state index contributed by atoms with van der Waals surface area (Å²) in [6.45, 7) is 13.0. The van der Waals surface area contributed by atoms with Crippen molar-refractivity contribution >= 4 is 40.6 Å². The molecule has 2 aliphatic heterocycles. The van der Waals surface area contributed by atoms with Crippen LogP contribution in [0.15, 0.2) is 102 Å². The lowest BCUT2D eigenvalue weighted by molar-refractivity contribution is -0.148. The topological polar surface area (TPSA) is 208 Å². The first-order valence-corrected chi connectivity index (χ1v) is 28.4. The van der Waals surface area contributed by atoms with E-state index in [1.807, 2.05) is 69.2 Å². The second-order valence-corrected chi connectivity index (χ2v) is 22.9. The van der Waals surface area contributed by atoms with E-state index in [1.165, 1.54) is 11.0 Å². The molecule has 3 amide bonds. The number of benzene rings is 4. The standard InChI is InChI=1S/C65H71FN6O11/c1-9-65(79)39(6)81-33-50-51(65)28-55-61-48(30-72(55)63(50)77)60-53(23-22-42-37(4)52(66)29-54(69-61)59(42)60)68-57(74)34-80-35-71(25-24-70(7)8)64(78)83-31-41-20-18-40(19-21-41)26-56(73)38(5)67-62(76)47(36(2)3)27-58(75)82-32-49-45-16-12-10-14-43(45)44-15-11-13-17-46(44)49/h10-21,28-29,36,38,47,49,53,79H,6,9,22-27,30-35H2,1-5,7-8H3,(H,67,76)(H,68,74)/t38-,47-,53-,65+/m0/s1. The van der Waals surface area contributed by atoms with E-state index in [2.05, 4.69) is 29.3 Å². The van der Waals surface area contributed by atoms with Gasteiger partial charge in [0.15, 0.2) is 5.78 Å². The summed E-state index contributed by atoms with van der Waals surface area (Å²) < 4.78 is 40.2. The Labute approximate surface area is 481 Å². The quantitative estimate of drug-likeness (QED) is 0.0457. The minimum atomic E-state index is -1.59. The van der Waals surface area contributed by atoms with Gasteiger partial charge in [0, 0.05) is 48.0 Å². The predicted molar refractivity (Wildman–Crippen MR) is 309 cm³/mol. The van der Waals surface area contributed by atoms with Crippen molar-refractivity contribution in [1.29, 1.82) is 0 Å². The number of carbonyl (C=O) groups excluding carboxylic acids is 5. The summed E-state index contributed by atoms with van der Waals surface area (Å²) in [6, 6.07) is 25.0. The van der Waals surface area contributed by atoms with Crippen molar-refractivity contribution < 1.29 is 52.4 Å². The van der Waals surface area contributed by atoms with Crippen LogP contribution in [0, 0.1) is 24.6 Å². The molecular weight excluding hydrogens is 1060 g/mol. The van der Waals surface area contributed by atoms with Crippen LogP contribution in [0.25, 0.3) is 33.4 Å². The highest BCUT2D eigenvalue weighted by Crippen LogP contribution is 2.48. The molecule has 0 saturated carbocycles. The number of ether oxygens (including phenoxy) is 4. The monoisotopic (exact) mass is 1130 g/mol. The van der Waals surface area contributed by atoms with Crippen molar-refractivity contribution in [3.8, 4) is 22.5 Å². The number of carbonyl (C=O) groups is 5. The van der Waals surface area contributed by atoms with Crippen LogP contribution >= 0.6 is 0 Å². The highest BCUT2D eigenvalue weighted by molar-refractivity contribution is 5.94. The molecule has 6 aromatic rings. The van der Waals surface area contributed by atoms with Gasteiger partial charge in [-0.25, -0.2) is 14.2 Å². The van der Waals surface area contributed by atoms with Gasteiger partial charge in [-0.05, 0) is 109 Å². The maximum Gasteiger partial charge on any atom is 0.411 e. The molecule has 3 N–H and O–H groups in total. The Balaban J connectivity index is 0.722. The first kappa shape index (κ1) is 58.1. The molecule has 4 heterocycles. The van der Waals surface area contributed by atoms with Gasteiger partial charge >= 0.3 is 12.1 Å². The maximum absolute atomic E-state index is 15.5. The number of aryl methyl sites for hydroxylation is 1. The first-order valence-electron chi connectivity index (χ1n) is 28.4. The number of esters is 1. The Kier molecular flexibility index (Phi) is 16.8. The molecule has 434 valence electrons. The van der Waals surface area contributed by atoms with Gasteiger partial charge in [-0.1, -0.05) is 100 Å². The molecule has 4 aliphatic rings. The minimum Gasteiger partial charge on any atom is -0.490 e. The van der Waals surface area contributed by atoms with Crippen molar-refractivity contribution in [1.82, 2.24) is 30.0 Å². The third kappa shape index (κ3) is 11.6. The number of halogens is 1. The van der Waals surface area contributed by atoms with Crippen LogP contribution in [0.1, 0.15) is 115 Å². The maximum atomic E-state index is 15.5. The number of nitrogens with one attached hydrogen (secondary N) is 2. The van der Waals surface area contributed by atoms with E-state index in [4.69, 9.17) is 23.9 Å². The van der Waals surface area contributed by atoms with E-state index in [0.717, 1.165) is 38.8 Å². The lowest BCUT2D eigenvalue weighted by atomic mass is 9.81. The summed E-state index contributed by atoms with van der Waals surface area (Å²) in [4.78, 5) is 90.0. The normalized spacial score (nSPS) is 17.2. The second-order valence-electron chi connectivity index (χ2n) is 22.9. The number of rotatable bonds is 21. The Bertz CT molecular complexity index is 3590. The molecule has 0 fully saturated rings. The molecule has 18 heteroatoms. The van der Waals surface area contributed by atoms with E-state index in [0.29, 0.717) is 69.7 Å². The second kappa shape index (κ2) is 24.0. The van der Waals surface area contributed by atoms with Crippen LogP contribution in [0.5, 0.6) is 0 Å². The lowest BCUT2D eigenvalue weighted by Crippen LogP contribution is -2.44. The fraction of sp³-hybridized carbons (Fsp3) is 0.400. The highest BCUT2D eigenvalue weighted by atomic mass is 19.1. The number of likely N-dealkylation sites (N-methyl/N-ethyl adjacent to an activating group) is 1. The number of Topliss-reactive ketones (excluding diaryl/α,β-unsaturated/α-hetero) is 1. The van der Waals surface area contributed by atoms with Gasteiger partial charge in [-0.3, -0.25) is 28.9 Å². The molecule has 4 atom stereocenters. The fourth-order valence-corrected chi connectivity index (χ4v) is 12.1. The molecule has 4 aromatic carbocycles. The van der Waals surface area contributed by atoms with Gasteiger partial charge in [0.05, 0.1) is 53.4 Å². The molecule has 2 aromatic heterocycles. The average molecular weight is 1130 g/mol. The van der Waals surface area contributed by atoms with Gasteiger partial charge in [0.2, 0.25) is 11.8 Å². The third-order valence-electron chi connectivity index (χ3n) is 16.9. The highest BCUT2D eigenvalue weighted by Gasteiger charge is 2.43. The number of aromatic nitrogens is 2. The molecular formula is C65H71FN6O11. The molecule has 0 saturated heterocycles. The number of ketones is 1. The molecule has 2 aliphatic carbocycles. The molecule has 0 spiro atoms. The fourth-order valence-electron chi connectivity index (χ4n) is 12.1. The number of amides is 3. The molecule has 17 nitrogen and oxygen atoms in total. The Morgan fingerprint density at radius 3 is 2.29 bits per heavy atom. The van der Waals surface area contributed by atoms with Gasteiger partial charge in [-0.2, -0.15) is 0 Å². The summed E-state index contributed by atoms with van der Waals surface area (Å²) in [5.41, 5.74) is 8.65. The van der Waals surface area contributed by atoms with Crippen molar-refractivity contribution in [3.05, 3.63) is 169 Å². The molecule has 0 bridgehead atoms. The summed E-state index contributed by atoms with van der Waals surface area (Å²) >= 11 is 0. The van der Waals surface area contributed by atoms with Crippen LogP contribution in [-0.4, -0.2) is 107 Å². The largest absolute Gasteiger partial charge is 0.490 e. The van der Waals surface area contributed by atoms with Gasteiger partial charge in [0.1, 0.15) is 50.3 Å². The van der Waals surface area contributed by atoms with Crippen molar-refractivity contribution in [3.63, 3.8) is 0 Å². The molecule has 83 heavy (non-hydrogen) atoms. The van der Waals surface area contributed by atoms with Crippen LogP contribution in [0.4, 0.5) is 9.18 Å².